The Morgan fingerprint density at radius 3 is 2.50 bits per heavy atom. The van der Waals surface area contributed by atoms with Crippen LogP contribution in [0.15, 0.2) is 66.9 Å². The maximum atomic E-state index is 11.5. The summed E-state index contributed by atoms with van der Waals surface area (Å²) in [5.41, 5.74) is 6.23. The minimum absolute atomic E-state index is 0.262. The average molecular weight is 398 g/mol. The number of fused-ring (bicyclic) bond motifs is 1. The van der Waals surface area contributed by atoms with E-state index in [4.69, 9.17) is 4.98 Å². The minimum atomic E-state index is -0.955. The fraction of sp³-hybridized carbons (Fsp3) is 0.200. The Kier molecular flexibility index (Phi) is 4.40. The normalized spacial score (nSPS) is 14.7. The van der Waals surface area contributed by atoms with Crippen LogP contribution in [0.25, 0.3) is 16.8 Å². The molecule has 30 heavy (non-hydrogen) atoms. The quantitative estimate of drug-likeness (QED) is 0.498. The summed E-state index contributed by atoms with van der Waals surface area (Å²) in [6, 6.07) is 18.4. The van der Waals surface area contributed by atoms with Crippen LogP contribution in [0.5, 0.6) is 0 Å². The second kappa shape index (κ2) is 7.11. The van der Waals surface area contributed by atoms with Gasteiger partial charge in [0, 0.05) is 12.1 Å². The first-order chi connectivity index (χ1) is 14.5. The van der Waals surface area contributed by atoms with Crippen molar-refractivity contribution in [2.75, 3.05) is 0 Å². The highest BCUT2D eigenvalue weighted by Crippen LogP contribution is 2.40. The molecule has 1 fully saturated rings. The molecule has 2 aromatic heterocycles. The number of nitrogens with zero attached hydrogens (tertiary/aromatic N) is 2. The minimum Gasteiger partial charge on any atom is -0.478 e. The smallest absolute Gasteiger partial charge is 0.336 e. The third-order valence-corrected chi connectivity index (χ3v) is 5.85. The van der Waals surface area contributed by atoms with Crippen molar-refractivity contribution in [3.05, 3.63) is 94.9 Å². The number of carbonyl (C=O) groups is 1. The zero-order valence-corrected chi connectivity index (χ0v) is 16.6. The van der Waals surface area contributed by atoms with Gasteiger partial charge in [-0.3, -0.25) is 0 Å². The van der Waals surface area contributed by atoms with Gasteiger partial charge in [-0.15, -0.1) is 0 Å². The molecule has 4 aromatic rings. The van der Waals surface area contributed by atoms with Crippen molar-refractivity contribution in [1.29, 1.82) is 0 Å². The van der Waals surface area contributed by atoms with Crippen LogP contribution in [-0.4, -0.2) is 25.6 Å². The number of imidazole rings is 1. The second-order valence-electron chi connectivity index (χ2n) is 7.95. The molecule has 0 saturated heterocycles. The lowest BCUT2D eigenvalue weighted by Gasteiger charge is -2.17. The highest BCUT2D eigenvalue weighted by Gasteiger charge is 2.27. The largest absolute Gasteiger partial charge is 0.478 e. The highest BCUT2D eigenvalue weighted by molar-refractivity contribution is 5.96. The van der Waals surface area contributed by atoms with Crippen LogP contribution in [0.4, 0.5) is 0 Å². The summed E-state index contributed by atoms with van der Waals surface area (Å²) < 4.78 is 2.00. The number of carboxylic acids is 1. The Labute approximate surface area is 174 Å². The second-order valence-corrected chi connectivity index (χ2v) is 7.95. The lowest BCUT2D eigenvalue weighted by Crippen LogP contribution is -2.08. The number of aryl methyl sites for hydroxylation is 1. The molecule has 1 aliphatic rings. The van der Waals surface area contributed by atoms with Gasteiger partial charge in [0.25, 0.3) is 0 Å². The Bertz CT molecular complexity index is 1250. The van der Waals surface area contributed by atoms with Crippen molar-refractivity contribution in [3.63, 3.8) is 0 Å². The fourth-order valence-corrected chi connectivity index (χ4v) is 4.05. The zero-order chi connectivity index (χ0) is 20.8. The third kappa shape index (κ3) is 3.17. The molecule has 0 spiro atoms. The number of aliphatic hydroxyl groups is 1. The van der Waals surface area contributed by atoms with E-state index in [1.165, 1.54) is 12.8 Å². The number of rotatable bonds is 5. The average Bonchev–Trinajstić information content (AvgIpc) is 3.52. The van der Waals surface area contributed by atoms with Gasteiger partial charge < -0.3 is 14.6 Å². The fourth-order valence-electron chi connectivity index (χ4n) is 4.05. The van der Waals surface area contributed by atoms with Crippen LogP contribution >= 0.6 is 0 Å². The maximum Gasteiger partial charge on any atom is 0.336 e. The van der Waals surface area contributed by atoms with Gasteiger partial charge in [-0.1, -0.05) is 48.5 Å². The van der Waals surface area contributed by atoms with E-state index in [9.17, 15) is 15.0 Å². The molecular formula is C25H22N2O3. The molecule has 2 N–H and O–H groups in total. The summed E-state index contributed by atoms with van der Waals surface area (Å²) in [7, 11) is 0. The van der Waals surface area contributed by atoms with Gasteiger partial charge in [0.05, 0.1) is 17.0 Å². The molecule has 0 bridgehead atoms. The van der Waals surface area contributed by atoms with Crippen LogP contribution in [0, 0.1) is 6.92 Å². The number of aliphatic hydroxyl groups excluding tert-OH is 1. The molecular weight excluding hydrogens is 376 g/mol. The number of carboxylic acid groups (broad SMARTS) is 1. The van der Waals surface area contributed by atoms with Crippen molar-refractivity contribution in [2.24, 2.45) is 0 Å². The number of hydrogen-bond donors (Lipinski definition) is 2. The molecule has 0 amide bonds. The Hall–Kier alpha value is -3.44. The molecule has 1 atom stereocenters. The molecule has 2 aromatic carbocycles. The zero-order valence-electron chi connectivity index (χ0n) is 16.6. The van der Waals surface area contributed by atoms with Gasteiger partial charge in [-0.25, -0.2) is 9.78 Å². The summed E-state index contributed by atoms with van der Waals surface area (Å²) >= 11 is 0. The van der Waals surface area contributed by atoms with Gasteiger partial charge in [0.1, 0.15) is 11.8 Å². The molecule has 2 heterocycles. The van der Waals surface area contributed by atoms with Crippen LogP contribution in [0.2, 0.25) is 0 Å². The third-order valence-electron chi connectivity index (χ3n) is 5.85. The number of pyridine rings is 1. The van der Waals surface area contributed by atoms with Crippen LogP contribution in [0.1, 0.15) is 57.7 Å². The number of benzene rings is 2. The lowest BCUT2D eigenvalue weighted by atomic mass is 9.96. The maximum absolute atomic E-state index is 11.5. The standard InChI is InChI=1S/C25H22N2O3/c1-15-6-13-22-26-21(17-9-10-17)14-27(22)23(15)24(28)18-11-7-16(8-12-18)19-4-2-3-5-20(19)25(29)30/h2-8,11-14,17,24,28H,9-10H2,1H3,(H,29,30)/t24-/m1/s1. The van der Waals surface area contributed by atoms with Crippen molar-refractivity contribution in [1.82, 2.24) is 9.38 Å². The lowest BCUT2D eigenvalue weighted by molar-refractivity contribution is 0.0697. The Morgan fingerprint density at radius 1 is 1.07 bits per heavy atom. The van der Waals surface area contributed by atoms with Gasteiger partial charge in [-0.05, 0) is 54.2 Å². The molecule has 5 rings (SSSR count). The molecule has 5 nitrogen and oxygen atoms in total. The molecule has 150 valence electrons. The van der Waals surface area contributed by atoms with Crippen LogP contribution < -0.4 is 0 Å². The van der Waals surface area contributed by atoms with Crippen LogP contribution in [0.3, 0.4) is 0 Å². The first kappa shape index (κ1) is 18.6. The highest BCUT2D eigenvalue weighted by atomic mass is 16.4. The van der Waals surface area contributed by atoms with E-state index in [-0.39, 0.29) is 5.56 Å². The summed E-state index contributed by atoms with van der Waals surface area (Å²) in [6.07, 6.45) is 3.61. The number of aromatic carboxylic acids is 1. The van der Waals surface area contributed by atoms with E-state index in [1.54, 1.807) is 18.2 Å². The number of aromatic nitrogens is 2. The number of hydrogen-bond acceptors (Lipinski definition) is 3. The molecule has 0 radical (unpaired) electrons. The predicted octanol–water partition coefficient (Wildman–Crippen LogP) is 4.97. The van der Waals surface area contributed by atoms with Gasteiger partial charge in [-0.2, -0.15) is 0 Å². The monoisotopic (exact) mass is 398 g/mol. The molecule has 0 unspecified atom stereocenters. The molecule has 1 saturated carbocycles. The Balaban J connectivity index is 1.53. The van der Waals surface area contributed by atoms with Crippen molar-refractivity contribution in [3.8, 4) is 11.1 Å². The first-order valence-corrected chi connectivity index (χ1v) is 10.1. The van der Waals surface area contributed by atoms with Crippen molar-refractivity contribution >= 4 is 11.6 Å². The predicted molar refractivity (Wildman–Crippen MR) is 115 cm³/mol. The van der Waals surface area contributed by atoms with E-state index >= 15 is 0 Å². The topological polar surface area (TPSA) is 74.8 Å². The van der Waals surface area contributed by atoms with E-state index < -0.39 is 12.1 Å². The molecule has 0 aliphatic heterocycles. The Morgan fingerprint density at radius 2 is 1.80 bits per heavy atom. The van der Waals surface area contributed by atoms with Crippen molar-refractivity contribution in [2.45, 2.75) is 31.8 Å². The van der Waals surface area contributed by atoms with Gasteiger partial charge in [0.15, 0.2) is 0 Å². The van der Waals surface area contributed by atoms with Crippen LogP contribution in [-0.2, 0) is 0 Å². The van der Waals surface area contributed by atoms with Gasteiger partial charge >= 0.3 is 5.97 Å². The SMILES string of the molecule is Cc1ccc2nc(C3CC3)cn2c1[C@H](O)c1ccc(-c2ccccc2C(=O)O)cc1. The summed E-state index contributed by atoms with van der Waals surface area (Å²) in [5.74, 6) is -0.410. The van der Waals surface area contributed by atoms with E-state index in [1.807, 2.05) is 53.8 Å². The van der Waals surface area contributed by atoms with E-state index in [2.05, 4.69) is 6.20 Å². The van der Waals surface area contributed by atoms with E-state index in [0.29, 0.717) is 11.5 Å². The summed E-state index contributed by atoms with van der Waals surface area (Å²) in [6.45, 7) is 1.99. The van der Waals surface area contributed by atoms with Gasteiger partial charge in [0.2, 0.25) is 0 Å². The molecule has 5 heteroatoms. The first-order valence-electron chi connectivity index (χ1n) is 10.1. The van der Waals surface area contributed by atoms with Crippen molar-refractivity contribution < 1.29 is 15.0 Å². The molecule has 1 aliphatic carbocycles. The summed E-state index contributed by atoms with van der Waals surface area (Å²) in [4.78, 5) is 16.3. The van der Waals surface area contributed by atoms with E-state index in [0.717, 1.165) is 33.7 Å². The summed E-state index contributed by atoms with van der Waals surface area (Å²) in [5, 5.41) is 20.6.